The molecule has 0 spiro atoms. The van der Waals surface area contributed by atoms with Gasteiger partial charge in [-0.3, -0.25) is 4.79 Å². The molecule has 5 heteroatoms. The standard InChI is InChI=1S/C9H22N4O/c1-7(11)6-13-9(14)5-8(12)3-2-4-10/h7-8H,2-6,10-12H2,1H3,(H,13,14). The Morgan fingerprint density at radius 3 is 2.57 bits per heavy atom. The van der Waals surface area contributed by atoms with Crippen molar-refractivity contribution >= 4 is 5.91 Å². The van der Waals surface area contributed by atoms with Gasteiger partial charge in [0.25, 0.3) is 0 Å². The molecule has 0 aliphatic carbocycles. The van der Waals surface area contributed by atoms with Gasteiger partial charge in [-0.2, -0.15) is 0 Å². The van der Waals surface area contributed by atoms with E-state index in [4.69, 9.17) is 17.2 Å². The average Bonchev–Trinajstić information content (AvgIpc) is 2.11. The van der Waals surface area contributed by atoms with Crippen LogP contribution in [0.2, 0.25) is 0 Å². The Hall–Kier alpha value is -0.650. The fourth-order valence-corrected chi connectivity index (χ4v) is 1.07. The summed E-state index contributed by atoms with van der Waals surface area (Å²) in [4.78, 5) is 11.2. The summed E-state index contributed by atoms with van der Waals surface area (Å²) in [5.41, 5.74) is 16.5. The fourth-order valence-electron chi connectivity index (χ4n) is 1.07. The second-order valence-corrected chi connectivity index (χ2v) is 3.68. The van der Waals surface area contributed by atoms with E-state index < -0.39 is 0 Å². The minimum Gasteiger partial charge on any atom is -0.355 e. The third-order valence-electron chi connectivity index (χ3n) is 1.85. The van der Waals surface area contributed by atoms with Gasteiger partial charge in [0.2, 0.25) is 5.91 Å². The van der Waals surface area contributed by atoms with E-state index >= 15 is 0 Å². The second-order valence-electron chi connectivity index (χ2n) is 3.68. The molecule has 0 aromatic rings. The van der Waals surface area contributed by atoms with E-state index in [1.54, 1.807) is 0 Å². The number of rotatable bonds is 7. The molecule has 7 N–H and O–H groups in total. The van der Waals surface area contributed by atoms with Crippen LogP contribution in [-0.4, -0.2) is 31.1 Å². The lowest BCUT2D eigenvalue weighted by Crippen LogP contribution is -2.38. The smallest absolute Gasteiger partial charge is 0.221 e. The molecule has 0 radical (unpaired) electrons. The van der Waals surface area contributed by atoms with Crippen LogP contribution >= 0.6 is 0 Å². The van der Waals surface area contributed by atoms with Crippen LogP contribution in [-0.2, 0) is 4.79 Å². The summed E-state index contributed by atoms with van der Waals surface area (Å²) in [6.07, 6.45) is 2.01. The molecule has 1 amide bonds. The number of amides is 1. The van der Waals surface area contributed by atoms with Gasteiger partial charge >= 0.3 is 0 Å². The van der Waals surface area contributed by atoms with Gasteiger partial charge in [0, 0.05) is 25.0 Å². The van der Waals surface area contributed by atoms with E-state index in [1.165, 1.54) is 0 Å². The molecular formula is C9H22N4O. The molecule has 2 unspecified atom stereocenters. The van der Waals surface area contributed by atoms with Crippen LogP contribution in [0, 0.1) is 0 Å². The minimum absolute atomic E-state index is 0.0146. The fraction of sp³-hybridized carbons (Fsp3) is 0.889. The lowest BCUT2D eigenvalue weighted by molar-refractivity contribution is -0.121. The molecule has 0 bridgehead atoms. The molecule has 0 aromatic carbocycles. The number of nitrogens with two attached hydrogens (primary N) is 3. The highest BCUT2D eigenvalue weighted by atomic mass is 16.1. The Morgan fingerprint density at radius 2 is 2.07 bits per heavy atom. The van der Waals surface area contributed by atoms with Gasteiger partial charge in [0.05, 0.1) is 0 Å². The van der Waals surface area contributed by atoms with Gasteiger partial charge in [-0.15, -0.1) is 0 Å². The zero-order chi connectivity index (χ0) is 11.0. The van der Waals surface area contributed by atoms with Crippen LogP contribution in [0.5, 0.6) is 0 Å². The molecule has 0 rings (SSSR count). The highest BCUT2D eigenvalue weighted by molar-refractivity contribution is 5.76. The Labute approximate surface area is 85.4 Å². The molecular weight excluding hydrogens is 180 g/mol. The van der Waals surface area contributed by atoms with Crippen molar-refractivity contribution in [2.75, 3.05) is 13.1 Å². The summed E-state index contributed by atoms with van der Waals surface area (Å²) in [5.74, 6) is -0.0354. The van der Waals surface area contributed by atoms with Gasteiger partial charge in [-0.1, -0.05) is 0 Å². The van der Waals surface area contributed by atoms with Crippen molar-refractivity contribution in [1.82, 2.24) is 5.32 Å². The van der Waals surface area contributed by atoms with Crippen LogP contribution in [0.25, 0.3) is 0 Å². The first kappa shape index (κ1) is 13.4. The van der Waals surface area contributed by atoms with Crippen molar-refractivity contribution < 1.29 is 4.79 Å². The van der Waals surface area contributed by atoms with Gasteiger partial charge in [0.1, 0.15) is 0 Å². The predicted molar refractivity (Wildman–Crippen MR) is 57.5 cm³/mol. The maximum atomic E-state index is 11.2. The van der Waals surface area contributed by atoms with Crippen LogP contribution in [0.4, 0.5) is 0 Å². The highest BCUT2D eigenvalue weighted by Crippen LogP contribution is 1.97. The van der Waals surface area contributed by atoms with Crippen molar-refractivity contribution in [1.29, 1.82) is 0 Å². The predicted octanol–water partition coefficient (Wildman–Crippen LogP) is -1.09. The molecule has 14 heavy (non-hydrogen) atoms. The van der Waals surface area contributed by atoms with E-state index in [0.717, 1.165) is 12.8 Å². The third-order valence-corrected chi connectivity index (χ3v) is 1.85. The van der Waals surface area contributed by atoms with E-state index in [9.17, 15) is 4.79 Å². The third kappa shape index (κ3) is 7.97. The molecule has 0 aliphatic heterocycles. The number of hydrogen-bond donors (Lipinski definition) is 4. The Balaban J connectivity index is 3.50. The molecule has 84 valence electrons. The number of carbonyl (C=O) groups is 1. The SMILES string of the molecule is CC(N)CNC(=O)CC(N)CCCN. The monoisotopic (exact) mass is 202 g/mol. The lowest BCUT2D eigenvalue weighted by Gasteiger charge is -2.12. The van der Waals surface area contributed by atoms with E-state index in [2.05, 4.69) is 5.32 Å². The molecule has 0 saturated carbocycles. The first-order chi connectivity index (χ1) is 6.56. The quantitative estimate of drug-likeness (QED) is 0.420. The number of nitrogens with one attached hydrogen (secondary N) is 1. The van der Waals surface area contributed by atoms with Crippen molar-refractivity contribution in [3.63, 3.8) is 0 Å². The van der Waals surface area contributed by atoms with Crippen molar-refractivity contribution in [2.45, 2.75) is 38.3 Å². The Morgan fingerprint density at radius 1 is 1.43 bits per heavy atom. The van der Waals surface area contributed by atoms with Crippen LogP contribution in [0.1, 0.15) is 26.2 Å². The Kier molecular flexibility index (Phi) is 7.37. The van der Waals surface area contributed by atoms with Gasteiger partial charge in [0.15, 0.2) is 0 Å². The molecule has 5 nitrogen and oxygen atoms in total. The van der Waals surface area contributed by atoms with Gasteiger partial charge < -0.3 is 22.5 Å². The molecule has 0 heterocycles. The van der Waals surface area contributed by atoms with Crippen LogP contribution in [0.15, 0.2) is 0 Å². The summed E-state index contributed by atoms with van der Waals surface area (Å²) in [5, 5.41) is 2.71. The van der Waals surface area contributed by atoms with E-state index in [-0.39, 0.29) is 18.0 Å². The number of hydrogen-bond acceptors (Lipinski definition) is 4. The Bertz CT molecular complexity index is 161. The first-order valence-electron chi connectivity index (χ1n) is 5.04. The van der Waals surface area contributed by atoms with Crippen LogP contribution in [0.3, 0.4) is 0 Å². The topological polar surface area (TPSA) is 107 Å². The molecule has 0 aromatic heterocycles. The average molecular weight is 202 g/mol. The zero-order valence-corrected chi connectivity index (χ0v) is 8.83. The maximum Gasteiger partial charge on any atom is 0.221 e. The maximum absolute atomic E-state index is 11.2. The number of carbonyl (C=O) groups excluding carboxylic acids is 1. The lowest BCUT2D eigenvalue weighted by atomic mass is 10.1. The van der Waals surface area contributed by atoms with Crippen molar-refractivity contribution in [2.24, 2.45) is 17.2 Å². The zero-order valence-electron chi connectivity index (χ0n) is 8.83. The molecule has 0 fully saturated rings. The summed E-state index contributed by atoms with van der Waals surface area (Å²) < 4.78 is 0. The molecule has 2 atom stereocenters. The summed E-state index contributed by atoms with van der Waals surface area (Å²) in [6, 6.07) is -0.106. The summed E-state index contributed by atoms with van der Waals surface area (Å²) in [7, 11) is 0. The molecule has 0 aliphatic rings. The van der Waals surface area contributed by atoms with Crippen LogP contribution < -0.4 is 22.5 Å². The molecule has 0 saturated heterocycles. The van der Waals surface area contributed by atoms with Crippen molar-refractivity contribution in [3.8, 4) is 0 Å². The summed E-state index contributed by atoms with van der Waals surface area (Å²) in [6.45, 7) is 2.96. The van der Waals surface area contributed by atoms with Gasteiger partial charge in [-0.25, -0.2) is 0 Å². The first-order valence-corrected chi connectivity index (χ1v) is 5.04. The summed E-state index contributed by atoms with van der Waals surface area (Å²) >= 11 is 0. The minimum atomic E-state index is -0.0911. The van der Waals surface area contributed by atoms with Gasteiger partial charge in [-0.05, 0) is 26.3 Å². The normalized spacial score (nSPS) is 14.9. The van der Waals surface area contributed by atoms with Crippen molar-refractivity contribution in [3.05, 3.63) is 0 Å². The largest absolute Gasteiger partial charge is 0.355 e. The highest BCUT2D eigenvalue weighted by Gasteiger charge is 2.08. The second kappa shape index (κ2) is 7.73. The van der Waals surface area contributed by atoms with E-state index in [1.807, 2.05) is 6.92 Å². The van der Waals surface area contributed by atoms with E-state index in [0.29, 0.717) is 19.5 Å².